The minimum atomic E-state index is 1.23. The zero-order chi connectivity index (χ0) is 27.3. The highest BCUT2D eigenvalue weighted by Crippen LogP contribution is 2.47. The Bertz CT molecular complexity index is 2240. The fourth-order valence-electron chi connectivity index (χ4n) is 6.62. The molecule has 0 saturated heterocycles. The summed E-state index contributed by atoms with van der Waals surface area (Å²) in [6, 6.07) is 55.7. The van der Waals surface area contributed by atoms with Crippen molar-refractivity contribution >= 4 is 43.1 Å². The first-order chi connectivity index (χ1) is 20.3. The van der Waals surface area contributed by atoms with E-state index in [0.29, 0.717) is 0 Å². The predicted molar refractivity (Wildman–Crippen MR) is 178 cm³/mol. The van der Waals surface area contributed by atoms with Crippen molar-refractivity contribution in [1.29, 1.82) is 0 Å². The maximum absolute atomic E-state index is 2.41. The molecule has 0 aliphatic heterocycles. The van der Waals surface area contributed by atoms with Crippen molar-refractivity contribution in [2.45, 2.75) is 6.92 Å². The molecular formula is C41H28. The molecule has 0 aromatic heterocycles. The van der Waals surface area contributed by atoms with Gasteiger partial charge in [0.2, 0.25) is 0 Å². The molecular weight excluding hydrogens is 492 g/mol. The minimum absolute atomic E-state index is 1.23. The number of hydrogen-bond donors (Lipinski definition) is 0. The largest absolute Gasteiger partial charge is 0.0622 e. The second kappa shape index (κ2) is 9.47. The van der Waals surface area contributed by atoms with Gasteiger partial charge in [-0.25, -0.2) is 0 Å². The first-order valence-electron chi connectivity index (χ1n) is 14.3. The average molecular weight is 521 g/mol. The highest BCUT2D eigenvalue weighted by Gasteiger charge is 2.20. The summed E-state index contributed by atoms with van der Waals surface area (Å²) in [6.07, 6.45) is 0. The lowest BCUT2D eigenvalue weighted by molar-refractivity contribution is 1.51. The van der Waals surface area contributed by atoms with Crippen molar-refractivity contribution < 1.29 is 0 Å². The maximum atomic E-state index is 2.41. The number of aryl methyl sites for hydroxylation is 1. The summed E-state index contributed by atoms with van der Waals surface area (Å²) in [5, 5.41) is 10.2. The molecule has 0 heteroatoms. The Kier molecular flexibility index (Phi) is 5.47. The molecule has 0 amide bonds. The Labute approximate surface area is 240 Å². The van der Waals surface area contributed by atoms with Crippen LogP contribution >= 0.6 is 0 Å². The first-order valence-corrected chi connectivity index (χ1v) is 14.3. The van der Waals surface area contributed by atoms with Gasteiger partial charge in [-0.15, -0.1) is 0 Å². The molecule has 8 aromatic rings. The maximum Gasteiger partial charge on any atom is -0.00199 e. The molecule has 0 aliphatic rings. The van der Waals surface area contributed by atoms with Gasteiger partial charge in [-0.1, -0.05) is 151 Å². The molecule has 192 valence electrons. The fraction of sp³-hybridized carbons (Fsp3) is 0.0244. The predicted octanol–water partition coefficient (Wildman–Crippen LogP) is 11.6. The molecule has 0 atom stereocenters. The summed E-state index contributed by atoms with van der Waals surface area (Å²) in [6.45, 7) is 2.20. The summed E-state index contributed by atoms with van der Waals surface area (Å²) in [5.41, 5.74) is 8.89. The Morgan fingerprint density at radius 3 is 1.46 bits per heavy atom. The highest BCUT2D eigenvalue weighted by molar-refractivity contribution is 6.25. The van der Waals surface area contributed by atoms with Gasteiger partial charge in [-0.2, -0.15) is 0 Å². The van der Waals surface area contributed by atoms with E-state index in [1.807, 2.05) is 0 Å². The van der Waals surface area contributed by atoms with Crippen LogP contribution in [0, 0.1) is 6.92 Å². The van der Waals surface area contributed by atoms with Gasteiger partial charge < -0.3 is 0 Å². The van der Waals surface area contributed by atoms with Crippen LogP contribution in [0.25, 0.3) is 76.5 Å². The van der Waals surface area contributed by atoms with Gasteiger partial charge in [0.25, 0.3) is 0 Å². The summed E-state index contributed by atoms with van der Waals surface area (Å²) < 4.78 is 0. The van der Waals surface area contributed by atoms with Crippen molar-refractivity contribution in [1.82, 2.24) is 0 Å². The van der Waals surface area contributed by atoms with Crippen LogP contribution in [0.15, 0.2) is 152 Å². The van der Waals surface area contributed by atoms with E-state index in [9.17, 15) is 0 Å². The van der Waals surface area contributed by atoms with Crippen LogP contribution in [0.1, 0.15) is 5.56 Å². The Morgan fingerprint density at radius 1 is 0.317 bits per heavy atom. The number of fused-ring (bicyclic) bond motifs is 4. The van der Waals surface area contributed by atoms with Crippen molar-refractivity contribution in [3.63, 3.8) is 0 Å². The van der Waals surface area contributed by atoms with Crippen molar-refractivity contribution in [3.05, 3.63) is 157 Å². The van der Waals surface area contributed by atoms with E-state index >= 15 is 0 Å². The second-order valence-electron chi connectivity index (χ2n) is 11.0. The molecule has 0 N–H and O–H groups in total. The summed E-state index contributed by atoms with van der Waals surface area (Å²) in [7, 11) is 0. The Hall–Kier alpha value is -5.20. The lowest BCUT2D eigenvalue weighted by atomic mass is 9.82. The molecule has 0 bridgehead atoms. The Balaban J connectivity index is 1.60. The molecule has 41 heavy (non-hydrogen) atoms. The molecule has 0 heterocycles. The van der Waals surface area contributed by atoms with Crippen LogP contribution in [0.2, 0.25) is 0 Å². The normalized spacial score (nSPS) is 11.5. The van der Waals surface area contributed by atoms with E-state index in [-0.39, 0.29) is 0 Å². The van der Waals surface area contributed by atoms with Crippen LogP contribution in [0.5, 0.6) is 0 Å². The van der Waals surface area contributed by atoms with Crippen LogP contribution in [-0.4, -0.2) is 0 Å². The van der Waals surface area contributed by atoms with Gasteiger partial charge in [0.05, 0.1) is 0 Å². The van der Waals surface area contributed by atoms with E-state index in [0.717, 1.165) is 0 Å². The van der Waals surface area contributed by atoms with Crippen LogP contribution in [-0.2, 0) is 0 Å². The minimum Gasteiger partial charge on any atom is -0.0622 e. The Morgan fingerprint density at radius 2 is 0.829 bits per heavy atom. The SMILES string of the molecule is Cc1ccc2c(-c3cccc4ccccc34)c3cc(-c4ccccc4)ccc3c(-c3cccc4ccccc34)c2c1. The third-order valence-electron chi connectivity index (χ3n) is 8.50. The zero-order valence-electron chi connectivity index (χ0n) is 22.9. The second-order valence-corrected chi connectivity index (χ2v) is 11.0. The molecule has 0 unspecified atom stereocenters. The zero-order valence-corrected chi connectivity index (χ0v) is 22.9. The van der Waals surface area contributed by atoms with Gasteiger partial charge in [-0.3, -0.25) is 0 Å². The fourth-order valence-corrected chi connectivity index (χ4v) is 6.62. The topological polar surface area (TPSA) is 0 Å². The van der Waals surface area contributed by atoms with E-state index in [2.05, 4.69) is 159 Å². The lowest BCUT2D eigenvalue weighted by Gasteiger charge is -2.21. The first kappa shape index (κ1) is 23.7. The van der Waals surface area contributed by atoms with E-state index in [1.165, 1.54) is 82.0 Å². The molecule has 0 fully saturated rings. The monoisotopic (exact) mass is 520 g/mol. The molecule has 0 aliphatic carbocycles. The van der Waals surface area contributed by atoms with Crippen molar-refractivity contribution in [2.75, 3.05) is 0 Å². The van der Waals surface area contributed by atoms with Crippen LogP contribution < -0.4 is 0 Å². The van der Waals surface area contributed by atoms with Crippen LogP contribution in [0.3, 0.4) is 0 Å². The summed E-state index contributed by atoms with van der Waals surface area (Å²) in [4.78, 5) is 0. The molecule has 0 saturated carbocycles. The molecule has 0 radical (unpaired) electrons. The standard InChI is InChI=1S/C41H28/c1-27-21-23-36-38(25-27)40(34-19-9-15-29-13-5-7-17-32(29)34)37-24-22-31(28-11-3-2-4-12-28)26-39(37)41(36)35-20-10-16-30-14-6-8-18-33(30)35/h2-26H,1H3. The smallest absolute Gasteiger partial charge is 0.00199 e. The quantitative estimate of drug-likeness (QED) is 0.203. The van der Waals surface area contributed by atoms with Gasteiger partial charge in [0.1, 0.15) is 0 Å². The molecule has 0 nitrogen and oxygen atoms in total. The van der Waals surface area contributed by atoms with Gasteiger partial charge in [0, 0.05) is 0 Å². The number of rotatable bonds is 3. The van der Waals surface area contributed by atoms with Crippen molar-refractivity contribution in [3.8, 4) is 33.4 Å². The third-order valence-corrected chi connectivity index (χ3v) is 8.50. The molecule has 8 aromatic carbocycles. The van der Waals surface area contributed by atoms with Crippen molar-refractivity contribution in [2.24, 2.45) is 0 Å². The van der Waals surface area contributed by atoms with Gasteiger partial charge in [-0.05, 0) is 89.5 Å². The third kappa shape index (κ3) is 3.84. The lowest BCUT2D eigenvalue weighted by Crippen LogP contribution is -1.93. The number of benzene rings is 8. The number of hydrogen-bond acceptors (Lipinski definition) is 0. The highest BCUT2D eigenvalue weighted by atomic mass is 14.2. The van der Waals surface area contributed by atoms with Gasteiger partial charge >= 0.3 is 0 Å². The molecule has 0 spiro atoms. The van der Waals surface area contributed by atoms with E-state index in [4.69, 9.17) is 0 Å². The summed E-state index contributed by atoms with van der Waals surface area (Å²) >= 11 is 0. The summed E-state index contributed by atoms with van der Waals surface area (Å²) in [5.74, 6) is 0. The van der Waals surface area contributed by atoms with Crippen LogP contribution in [0.4, 0.5) is 0 Å². The average Bonchev–Trinajstić information content (AvgIpc) is 3.03. The van der Waals surface area contributed by atoms with Gasteiger partial charge in [0.15, 0.2) is 0 Å². The van der Waals surface area contributed by atoms with E-state index < -0.39 is 0 Å². The van der Waals surface area contributed by atoms with E-state index in [1.54, 1.807) is 0 Å². The molecule has 8 rings (SSSR count).